The maximum Gasteiger partial charge on any atom is 0.408 e. The third kappa shape index (κ3) is 8.45. The minimum atomic E-state index is -1.18. The SMILES string of the molecule is CC(C)(C)OC(=O)N[C@@H](Cc1ccc(OCc2ccccc2)cc1)C(=O)C1=C(O)[C@H](CCc2ccccc2)OC1=O. The molecule has 41 heavy (non-hydrogen) atoms. The number of ketones is 1. The van der Waals surface area contributed by atoms with Gasteiger partial charge in [-0.25, -0.2) is 9.59 Å². The molecule has 1 heterocycles. The first kappa shape index (κ1) is 29.4. The van der Waals surface area contributed by atoms with E-state index in [1.54, 1.807) is 45.0 Å². The molecule has 0 fully saturated rings. The highest BCUT2D eigenvalue weighted by Gasteiger charge is 2.41. The van der Waals surface area contributed by atoms with E-state index in [9.17, 15) is 19.5 Å². The molecule has 0 spiro atoms. The van der Waals surface area contributed by atoms with Crippen molar-refractivity contribution in [3.05, 3.63) is 113 Å². The highest BCUT2D eigenvalue weighted by molar-refractivity contribution is 6.21. The Morgan fingerprint density at radius 1 is 0.902 bits per heavy atom. The molecule has 0 unspecified atom stereocenters. The van der Waals surface area contributed by atoms with Gasteiger partial charge in [-0.15, -0.1) is 0 Å². The molecule has 3 aromatic carbocycles. The molecule has 8 heteroatoms. The topological polar surface area (TPSA) is 111 Å². The predicted molar refractivity (Wildman–Crippen MR) is 153 cm³/mol. The number of carbonyl (C=O) groups is 3. The molecule has 3 aromatic rings. The number of esters is 1. The van der Waals surface area contributed by atoms with Crippen molar-refractivity contribution < 1.29 is 33.7 Å². The third-order valence-electron chi connectivity index (χ3n) is 6.42. The van der Waals surface area contributed by atoms with Gasteiger partial charge in [-0.05, 0) is 62.4 Å². The number of cyclic esters (lactones) is 1. The van der Waals surface area contributed by atoms with Crippen LogP contribution in [0.4, 0.5) is 4.79 Å². The molecule has 2 N–H and O–H groups in total. The van der Waals surface area contributed by atoms with Gasteiger partial charge in [0.05, 0.1) is 6.04 Å². The van der Waals surface area contributed by atoms with E-state index in [0.717, 1.165) is 11.1 Å². The molecule has 2 atom stereocenters. The second kappa shape index (κ2) is 13.2. The van der Waals surface area contributed by atoms with Crippen LogP contribution in [0, 0.1) is 0 Å². The largest absolute Gasteiger partial charge is 0.507 e. The number of hydrogen-bond acceptors (Lipinski definition) is 7. The molecular weight excluding hydrogens is 522 g/mol. The van der Waals surface area contributed by atoms with Gasteiger partial charge < -0.3 is 24.6 Å². The van der Waals surface area contributed by atoms with E-state index in [-0.39, 0.29) is 6.42 Å². The first-order valence-corrected chi connectivity index (χ1v) is 13.6. The van der Waals surface area contributed by atoms with E-state index in [2.05, 4.69) is 5.32 Å². The van der Waals surface area contributed by atoms with Crippen LogP contribution in [0.5, 0.6) is 5.75 Å². The van der Waals surface area contributed by atoms with Crippen LogP contribution in [0.2, 0.25) is 0 Å². The summed E-state index contributed by atoms with van der Waals surface area (Å²) in [6.07, 6.45) is -0.846. The van der Waals surface area contributed by atoms with Crippen LogP contribution in [-0.2, 0) is 38.5 Å². The van der Waals surface area contributed by atoms with Gasteiger partial charge >= 0.3 is 12.1 Å². The highest BCUT2D eigenvalue weighted by Crippen LogP contribution is 2.27. The van der Waals surface area contributed by atoms with E-state index in [1.165, 1.54) is 0 Å². The van der Waals surface area contributed by atoms with Crippen LogP contribution in [-0.4, -0.2) is 40.7 Å². The highest BCUT2D eigenvalue weighted by atomic mass is 16.6. The summed E-state index contributed by atoms with van der Waals surface area (Å²) in [5.74, 6) is -1.44. The maximum atomic E-state index is 13.6. The Morgan fingerprint density at radius 2 is 1.51 bits per heavy atom. The van der Waals surface area contributed by atoms with Crippen molar-refractivity contribution in [3.63, 3.8) is 0 Å². The summed E-state index contributed by atoms with van der Waals surface area (Å²) in [4.78, 5) is 39.0. The summed E-state index contributed by atoms with van der Waals surface area (Å²) in [7, 11) is 0. The zero-order chi connectivity index (χ0) is 29.4. The molecule has 1 aliphatic rings. The van der Waals surface area contributed by atoms with Crippen molar-refractivity contribution >= 4 is 17.8 Å². The molecule has 1 aliphatic heterocycles. The Balaban J connectivity index is 1.48. The lowest BCUT2D eigenvalue weighted by molar-refractivity contribution is -0.141. The molecule has 0 saturated heterocycles. The lowest BCUT2D eigenvalue weighted by Crippen LogP contribution is -2.46. The number of aliphatic hydroxyl groups is 1. The summed E-state index contributed by atoms with van der Waals surface area (Å²) in [5, 5.41) is 13.4. The Kier molecular flexibility index (Phi) is 9.45. The maximum absolute atomic E-state index is 13.6. The fourth-order valence-electron chi connectivity index (χ4n) is 4.41. The predicted octanol–water partition coefficient (Wildman–Crippen LogP) is 5.64. The lowest BCUT2D eigenvalue weighted by Gasteiger charge is -2.23. The average molecular weight is 558 g/mol. The lowest BCUT2D eigenvalue weighted by atomic mass is 9.96. The number of benzene rings is 3. The molecule has 0 radical (unpaired) electrons. The van der Waals surface area contributed by atoms with E-state index < -0.39 is 46.9 Å². The van der Waals surface area contributed by atoms with Crippen LogP contribution < -0.4 is 10.1 Å². The summed E-state index contributed by atoms with van der Waals surface area (Å²) >= 11 is 0. The van der Waals surface area contributed by atoms with Gasteiger partial charge in [-0.2, -0.15) is 0 Å². The van der Waals surface area contributed by atoms with E-state index in [0.29, 0.717) is 30.8 Å². The number of rotatable bonds is 11. The summed E-state index contributed by atoms with van der Waals surface area (Å²) in [6.45, 7) is 5.52. The Hall–Kier alpha value is -4.59. The van der Waals surface area contributed by atoms with Crippen molar-refractivity contribution in [3.8, 4) is 5.75 Å². The van der Waals surface area contributed by atoms with Gasteiger partial charge in [-0.3, -0.25) is 4.79 Å². The molecule has 0 aliphatic carbocycles. The minimum absolute atomic E-state index is 0.0514. The Morgan fingerprint density at radius 3 is 2.12 bits per heavy atom. The number of Topliss-reactive ketones (excluding diaryl/α,β-unsaturated/α-hetero) is 1. The van der Waals surface area contributed by atoms with Gasteiger partial charge in [0.1, 0.15) is 23.5 Å². The van der Waals surface area contributed by atoms with Crippen molar-refractivity contribution in [2.45, 2.75) is 64.4 Å². The second-order valence-corrected chi connectivity index (χ2v) is 10.9. The Labute approximate surface area is 239 Å². The standard InChI is InChI=1S/C33H35NO7/c1-33(2,3)41-32(38)34-26(20-23-14-17-25(18-15-23)39-21-24-12-8-5-9-13-24)29(35)28-30(36)27(40-31(28)37)19-16-22-10-6-4-7-11-22/h4-15,17-18,26-27,36H,16,19-21H2,1-3H3,(H,34,38)/t26-,27-/m0/s1. The van der Waals surface area contributed by atoms with Gasteiger partial charge in [0.15, 0.2) is 17.6 Å². The molecular formula is C33H35NO7. The Bertz CT molecular complexity index is 1380. The number of alkyl carbamates (subject to hydrolysis) is 1. The normalized spacial score (nSPS) is 15.7. The number of aliphatic hydroxyl groups excluding tert-OH is 1. The molecule has 0 saturated carbocycles. The zero-order valence-corrected chi connectivity index (χ0v) is 23.5. The summed E-state index contributed by atoms with van der Waals surface area (Å²) in [6, 6.07) is 25.2. The number of carbonyl (C=O) groups excluding carboxylic acids is 3. The number of nitrogens with one attached hydrogen (secondary N) is 1. The van der Waals surface area contributed by atoms with Crippen molar-refractivity contribution in [2.24, 2.45) is 0 Å². The van der Waals surface area contributed by atoms with Crippen LogP contribution in [0.3, 0.4) is 0 Å². The minimum Gasteiger partial charge on any atom is -0.507 e. The van der Waals surface area contributed by atoms with E-state index in [4.69, 9.17) is 14.2 Å². The smallest absolute Gasteiger partial charge is 0.408 e. The first-order valence-electron chi connectivity index (χ1n) is 13.6. The van der Waals surface area contributed by atoms with E-state index >= 15 is 0 Å². The third-order valence-corrected chi connectivity index (χ3v) is 6.42. The fourth-order valence-corrected chi connectivity index (χ4v) is 4.41. The summed E-state index contributed by atoms with van der Waals surface area (Å²) < 4.78 is 16.5. The van der Waals surface area contributed by atoms with Gasteiger partial charge in [0.2, 0.25) is 0 Å². The number of ether oxygens (including phenoxy) is 3. The van der Waals surface area contributed by atoms with Crippen LogP contribution in [0.25, 0.3) is 0 Å². The van der Waals surface area contributed by atoms with Gasteiger partial charge in [0.25, 0.3) is 0 Å². The van der Waals surface area contributed by atoms with Crippen LogP contribution in [0.1, 0.15) is 43.9 Å². The average Bonchev–Trinajstić information content (AvgIpc) is 3.23. The van der Waals surface area contributed by atoms with Crippen molar-refractivity contribution in [1.82, 2.24) is 5.32 Å². The van der Waals surface area contributed by atoms with Crippen molar-refractivity contribution in [1.29, 1.82) is 0 Å². The number of amides is 1. The first-order chi connectivity index (χ1) is 19.6. The van der Waals surface area contributed by atoms with Crippen molar-refractivity contribution in [2.75, 3.05) is 0 Å². The molecule has 0 aromatic heterocycles. The molecule has 4 rings (SSSR count). The van der Waals surface area contributed by atoms with Crippen LogP contribution >= 0.6 is 0 Å². The van der Waals surface area contributed by atoms with E-state index in [1.807, 2.05) is 60.7 Å². The number of aryl methyl sites for hydroxylation is 1. The summed E-state index contributed by atoms with van der Waals surface area (Å²) in [5.41, 5.74) is 1.50. The number of hydrogen-bond donors (Lipinski definition) is 2. The molecule has 214 valence electrons. The van der Waals surface area contributed by atoms with Gasteiger partial charge in [0, 0.05) is 6.42 Å². The second-order valence-electron chi connectivity index (χ2n) is 10.9. The fraction of sp³-hybridized carbons (Fsp3) is 0.303. The quantitative estimate of drug-likeness (QED) is 0.232. The van der Waals surface area contributed by atoms with Gasteiger partial charge in [-0.1, -0.05) is 72.8 Å². The molecule has 0 bridgehead atoms. The van der Waals surface area contributed by atoms with Crippen LogP contribution in [0.15, 0.2) is 96.3 Å². The molecule has 1 amide bonds. The molecule has 8 nitrogen and oxygen atoms in total. The monoisotopic (exact) mass is 557 g/mol. The zero-order valence-electron chi connectivity index (χ0n) is 23.5.